The third kappa shape index (κ3) is 2.98. The number of carbonyl (C=O) groups excluding carboxylic acids is 1. The quantitative estimate of drug-likeness (QED) is 0.537. The summed E-state index contributed by atoms with van der Waals surface area (Å²) in [5.74, 6) is -0.262. The zero-order valence-corrected chi connectivity index (χ0v) is 15.1. The molecule has 2 aromatic carbocycles. The molecule has 0 amide bonds. The van der Waals surface area contributed by atoms with Crippen molar-refractivity contribution in [2.24, 2.45) is 0 Å². The highest BCUT2D eigenvalue weighted by atomic mass is 35.5. The molecule has 2 N–H and O–H groups in total. The highest BCUT2D eigenvalue weighted by Gasteiger charge is 2.36. The molecule has 0 aliphatic carbocycles. The number of nitrogens with two attached hydrogens (primary N) is 1. The van der Waals surface area contributed by atoms with E-state index in [1.807, 2.05) is 54.7 Å². The predicted molar refractivity (Wildman–Crippen MR) is 102 cm³/mol. The summed E-state index contributed by atoms with van der Waals surface area (Å²) >= 11 is 6.06. The smallest absolute Gasteiger partial charge is 0.308 e. The molecule has 130 valence electrons. The normalized spacial score (nSPS) is 13.6. The van der Waals surface area contributed by atoms with Gasteiger partial charge in [-0.15, -0.1) is 0 Å². The van der Waals surface area contributed by atoms with E-state index in [-0.39, 0.29) is 12.4 Å². The lowest BCUT2D eigenvalue weighted by Gasteiger charge is -2.35. The van der Waals surface area contributed by atoms with Crippen molar-refractivity contribution < 1.29 is 9.53 Å². The number of benzene rings is 2. The van der Waals surface area contributed by atoms with E-state index in [2.05, 4.69) is 11.5 Å². The van der Waals surface area contributed by atoms with Crippen molar-refractivity contribution in [3.05, 3.63) is 65.3 Å². The molecule has 4 nitrogen and oxygen atoms in total. The lowest BCUT2D eigenvalue weighted by Crippen LogP contribution is -2.36. The van der Waals surface area contributed by atoms with Crippen molar-refractivity contribution >= 4 is 34.2 Å². The topological polar surface area (TPSA) is 57.2 Å². The molecule has 1 heterocycles. The molecule has 3 rings (SSSR count). The van der Waals surface area contributed by atoms with Gasteiger partial charge in [0, 0.05) is 22.3 Å². The van der Waals surface area contributed by atoms with Gasteiger partial charge >= 0.3 is 5.97 Å². The minimum absolute atomic E-state index is 0.222. The van der Waals surface area contributed by atoms with Crippen molar-refractivity contribution in [2.75, 3.05) is 12.8 Å². The monoisotopic (exact) mass is 356 g/mol. The van der Waals surface area contributed by atoms with E-state index in [4.69, 9.17) is 22.1 Å². The maximum Gasteiger partial charge on any atom is 0.308 e. The van der Waals surface area contributed by atoms with E-state index in [1.165, 1.54) is 7.11 Å². The van der Waals surface area contributed by atoms with E-state index in [0.29, 0.717) is 11.4 Å². The Balaban J connectivity index is 2.27. The van der Waals surface area contributed by atoms with Gasteiger partial charge in [0.05, 0.1) is 24.6 Å². The number of rotatable bonds is 5. The van der Waals surface area contributed by atoms with Crippen molar-refractivity contribution in [2.45, 2.75) is 25.3 Å². The van der Waals surface area contributed by atoms with Gasteiger partial charge in [-0.3, -0.25) is 4.79 Å². The molecule has 0 spiro atoms. The first-order chi connectivity index (χ1) is 12.0. The van der Waals surface area contributed by atoms with Crippen molar-refractivity contribution in [3.8, 4) is 0 Å². The average molecular weight is 357 g/mol. The van der Waals surface area contributed by atoms with Gasteiger partial charge in [0.25, 0.3) is 0 Å². The van der Waals surface area contributed by atoms with Crippen LogP contribution in [0.4, 0.5) is 5.69 Å². The van der Waals surface area contributed by atoms with E-state index < -0.39 is 5.54 Å². The van der Waals surface area contributed by atoms with Crippen LogP contribution in [0.3, 0.4) is 0 Å². The summed E-state index contributed by atoms with van der Waals surface area (Å²) in [5, 5.41) is 1.63. The van der Waals surface area contributed by atoms with Crippen LogP contribution in [0.1, 0.15) is 25.3 Å². The van der Waals surface area contributed by atoms with Gasteiger partial charge < -0.3 is 15.0 Å². The van der Waals surface area contributed by atoms with Crippen LogP contribution in [-0.4, -0.2) is 17.6 Å². The number of methoxy groups -OCH3 is 1. The second kappa shape index (κ2) is 6.81. The molecule has 3 aromatic rings. The Labute approximate surface area is 152 Å². The number of ether oxygens (including phenoxy) is 1. The minimum Gasteiger partial charge on any atom is -0.469 e. The molecule has 5 heteroatoms. The van der Waals surface area contributed by atoms with Gasteiger partial charge in [-0.05, 0) is 42.3 Å². The molecule has 1 atom stereocenters. The second-order valence-electron chi connectivity index (χ2n) is 6.11. The summed E-state index contributed by atoms with van der Waals surface area (Å²) in [6, 6.07) is 15.4. The highest BCUT2D eigenvalue weighted by molar-refractivity contribution is 6.30. The van der Waals surface area contributed by atoms with Crippen molar-refractivity contribution in [3.63, 3.8) is 0 Å². The zero-order valence-electron chi connectivity index (χ0n) is 14.3. The predicted octanol–water partition coefficient (Wildman–Crippen LogP) is 4.59. The third-order valence-corrected chi connectivity index (χ3v) is 5.11. The average Bonchev–Trinajstić information content (AvgIpc) is 3.06. The third-order valence-electron chi connectivity index (χ3n) is 4.86. The first-order valence-corrected chi connectivity index (χ1v) is 8.58. The van der Waals surface area contributed by atoms with E-state index >= 15 is 0 Å². The van der Waals surface area contributed by atoms with Gasteiger partial charge in [0.1, 0.15) is 0 Å². The standard InChI is InChI=1S/C20H21ClN2O2/c1-3-20(13-19(24)25-2,14-7-9-15(21)10-8-14)23-12-11-16-17(22)5-4-6-18(16)23/h4-12H,3,13,22H2,1-2H3. The van der Waals surface area contributed by atoms with Gasteiger partial charge in [-0.2, -0.15) is 0 Å². The Morgan fingerprint density at radius 2 is 1.92 bits per heavy atom. The molecule has 25 heavy (non-hydrogen) atoms. The number of halogens is 1. The Morgan fingerprint density at radius 1 is 1.20 bits per heavy atom. The molecule has 0 aliphatic heterocycles. The van der Waals surface area contributed by atoms with Crippen LogP contribution in [0.15, 0.2) is 54.7 Å². The van der Waals surface area contributed by atoms with E-state index in [0.717, 1.165) is 22.2 Å². The van der Waals surface area contributed by atoms with Crippen LogP contribution in [0.5, 0.6) is 0 Å². The molecule has 1 unspecified atom stereocenters. The Hall–Kier alpha value is -2.46. The molecule has 0 saturated carbocycles. The number of anilines is 1. The summed E-state index contributed by atoms with van der Waals surface area (Å²) in [6.45, 7) is 2.07. The first-order valence-electron chi connectivity index (χ1n) is 8.20. The van der Waals surface area contributed by atoms with Crippen LogP contribution in [0.2, 0.25) is 5.02 Å². The summed E-state index contributed by atoms with van der Waals surface area (Å²) in [6.07, 6.45) is 2.92. The molecular formula is C20H21ClN2O2. The molecule has 0 radical (unpaired) electrons. The minimum atomic E-state index is -0.576. The highest BCUT2D eigenvalue weighted by Crippen LogP contribution is 2.38. The van der Waals surface area contributed by atoms with E-state index in [1.54, 1.807) is 0 Å². The number of nitrogens with zero attached hydrogens (tertiary/aromatic N) is 1. The molecule has 1 aromatic heterocycles. The van der Waals surface area contributed by atoms with Gasteiger partial charge in [0.15, 0.2) is 0 Å². The number of nitrogen functional groups attached to an aromatic ring is 1. The molecule has 0 bridgehead atoms. The molecule has 0 aliphatic rings. The summed E-state index contributed by atoms with van der Waals surface area (Å²) in [5.41, 5.74) is 8.25. The fraction of sp³-hybridized carbons (Fsp3) is 0.250. The van der Waals surface area contributed by atoms with Crippen molar-refractivity contribution in [1.82, 2.24) is 4.57 Å². The maximum absolute atomic E-state index is 12.2. The fourth-order valence-corrected chi connectivity index (χ4v) is 3.59. The van der Waals surface area contributed by atoms with E-state index in [9.17, 15) is 4.79 Å². The SMILES string of the molecule is CCC(CC(=O)OC)(c1ccc(Cl)cc1)n1ccc2c(N)cccc21. The first kappa shape index (κ1) is 17.4. The van der Waals surface area contributed by atoms with Crippen LogP contribution in [0.25, 0.3) is 10.9 Å². The second-order valence-corrected chi connectivity index (χ2v) is 6.55. The number of aromatic nitrogens is 1. The largest absolute Gasteiger partial charge is 0.469 e. The number of carbonyl (C=O) groups is 1. The van der Waals surface area contributed by atoms with Crippen LogP contribution < -0.4 is 5.73 Å². The van der Waals surface area contributed by atoms with Gasteiger partial charge in [-0.1, -0.05) is 36.7 Å². The van der Waals surface area contributed by atoms with Gasteiger partial charge in [-0.25, -0.2) is 0 Å². The Kier molecular flexibility index (Phi) is 4.73. The summed E-state index contributed by atoms with van der Waals surface area (Å²) in [4.78, 5) is 12.2. The van der Waals surface area contributed by atoms with Gasteiger partial charge in [0.2, 0.25) is 0 Å². The Bertz CT molecular complexity index is 902. The fourth-order valence-electron chi connectivity index (χ4n) is 3.46. The number of hydrogen-bond acceptors (Lipinski definition) is 3. The summed E-state index contributed by atoms with van der Waals surface area (Å²) < 4.78 is 7.11. The number of hydrogen-bond donors (Lipinski definition) is 1. The zero-order chi connectivity index (χ0) is 18.0. The van der Waals surface area contributed by atoms with Crippen LogP contribution >= 0.6 is 11.6 Å². The number of esters is 1. The molecule has 0 saturated heterocycles. The lowest BCUT2D eigenvalue weighted by atomic mass is 9.83. The molecular weight excluding hydrogens is 336 g/mol. The maximum atomic E-state index is 12.2. The van der Waals surface area contributed by atoms with Crippen LogP contribution in [0, 0.1) is 0 Å². The Morgan fingerprint density at radius 3 is 2.56 bits per heavy atom. The van der Waals surface area contributed by atoms with Crippen LogP contribution in [-0.2, 0) is 15.1 Å². The molecule has 0 fully saturated rings. The lowest BCUT2D eigenvalue weighted by molar-refractivity contribution is -0.142. The van der Waals surface area contributed by atoms with Crippen molar-refractivity contribution in [1.29, 1.82) is 0 Å². The summed E-state index contributed by atoms with van der Waals surface area (Å²) in [7, 11) is 1.41. The number of fused-ring (bicyclic) bond motifs is 1.